The summed E-state index contributed by atoms with van der Waals surface area (Å²) in [4.78, 5) is 29.8. The summed E-state index contributed by atoms with van der Waals surface area (Å²) < 4.78 is 27.4. The molecular weight excluding hydrogens is 518 g/mol. The standard InChI is InChI=1S/C20H28BrN5O6S/c1-15(2)23-6-8-25(9-7-23)20(27)17-13-18(16(14-22)12-19(17)26(28)29)24(5-4-21)10-11-32-33(3,30)31/h12-13,15H,4-11H2,1-3H3. The Morgan fingerprint density at radius 1 is 1.30 bits per heavy atom. The number of hydrogen-bond acceptors (Lipinski definition) is 9. The number of benzene rings is 1. The van der Waals surface area contributed by atoms with E-state index >= 15 is 0 Å². The topological polar surface area (TPSA) is 137 Å². The minimum Gasteiger partial charge on any atom is -0.367 e. The van der Waals surface area contributed by atoms with E-state index in [1.165, 1.54) is 6.07 Å². The lowest BCUT2D eigenvalue weighted by molar-refractivity contribution is -0.385. The zero-order valence-electron chi connectivity index (χ0n) is 18.9. The number of carbonyl (C=O) groups excluding carboxylic acids is 1. The predicted octanol–water partition coefficient (Wildman–Crippen LogP) is 1.81. The molecule has 1 aliphatic heterocycles. The molecule has 0 saturated carbocycles. The van der Waals surface area contributed by atoms with Gasteiger partial charge in [0.15, 0.2) is 0 Å². The lowest BCUT2D eigenvalue weighted by atomic mass is 10.0. The zero-order chi connectivity index (χ0) is 24.8. The molecule has 0 radical (unpaired) electrons. The number of piperazine rings is 1. The molecule has 0 spiro atoms. The van der Waals surface area contributed by atoms with Gasteiger partial charge in [-0.15, -0.1) is 0 Å². The average molecular weight is 546 g/mol. The Labute approximate surface area is 202 Å². The Kier molecular flexibility index (Phi) is 9.59. The Balaban J connectivity index is 2.41. The highest BCUT2D eigenvalue weighted by Crippen LogP contribution is 2.31. The molecule has 2 rings (SSSR count). The van der Waals surface area contributed by atoms with Crippen molar-refractivity contribution in [3.05, 3.63) is 33.4 Å². The number of nitriles is 1. The maximum absolute atomic E-state index is 13.3. The molecule has 1 heterocycles. The number of anilines is 1. The van der Waals surface area contributed by atoms with Crippen LogP contribution in [0.1, 0.15) is 29.8 Å². The maximum Gasteiger partial charge on any atom is 0.283 e. The quantitative estimate of drug-likeness (QED) is 0.186. The summed E-state index contributed by atoms with van der Waals surface area (Å²) in [5.74, 6) is -0.470. The largest absolute Gasteiger partial charge is 0.367 e. The highest BCUT2D eigenvalue weighted by molar-refractivity contribution is 9.09. The first kappa shape index (κ1) is 27.0. The van der Waals surface area contributed by atoms with Crippen molar-refractivity contribution in [1.82, 2.24) is 9.80 Å². The van der Waals surface area contributed by atoms with E-state index in [1.807, 2.05) is 6.07 Å². The Bertz CT molecular complexity index is 1020. The Morgan fingerprint density at radius 3 is 2.42 bits per heavy atom. The van der Waals surface area contributed by atoms with Gasteiger partial charge in [-0.2, -0.15) is 13.7 Å². The molecule has 0 aromatic heterocycles. The number of hydrogen-bond donors (Lipinski definition) is 0. The molecule has 0 unspecified atom stereocenters. The number of amides is 1. The van der Waals surface area contributed by atoms with Gasteiger partial charge in [0, 0.05) is 56.7 Å². The van der Waals surface area contributed by atoms with Crippen LogP contribution >= 0.6 is 15.9 Å². The van der Waals surface area contributed by atoms with Gasteiger partial charge < -0.3 is 9.80 Å². The Hall–Kier alpha value is -2.27. The molecule has 1 aliphatic rings. The third-order valence-corrected chi connectivity index (χ3v) is 6.30. The van der Waals surface area contributed by atoms with Crippen molar-refractivity contribution in [3.63, 3.8) is 0 Å². The average Bonchev–Trinajstić information content (AvgIpc) is 2.76. The summed E-state index contributed by atoms with van der Waals surface area (Å²) in [6.45, 7) is 6.65. The summed E-state index contributed by atoms with van der Waals surface area (Å²) in [5, 5.41) is 21.8. The van der Waals surface area contributed by atoms with Crippen molar-refractivity contribution in [1.29, 1.82) is 5.26 Å². The second kappa shape index (κ2) is 11.7. The Morgan fingerprint density at radius 2 is 1.94 bits per heavy atom. The van der Waals surface area contributed by atoms with Gasteiger partial charge in [-0.1, -0.05) is 15.9 Å². The van der Waals surface area contributed by atoms with Crippen molar-refractivity contribution in [2.75, 3.05) is 62.4 Å². The van der Waals surface area contributed by atoms with E-state index in [0.29, 0.717) is 49.8 Å². The summed E-state index contributed by atoms with van der Waals surface area (Å²) in [6, 6.07) is 4.75. The van der Waals surface area contributed by atoms with Crippen LogP contribution < -0.4 is 4.90 Å². The van der Waals surface area contributed by atoms with E-state index in [1.54, 1.807) is 9.80 Å². The van der Waals surface area contributed by atoms with Gasteiger partial charge in [0.25, 0.3) is 21.7 Å². The molecule has 182 valence electrons. The molecular formula is C20H28BrN5O6S. The first-order chi connectivity index (χ1) is 15.5. The molecule has 1 aromatic carbocycles. The van der Waals surface area contributed by atoms with E-state index in [4.69, 9.17) is 4.18 Å². The summed E-state index contributed by atoms with van der Waals surface area (Å²) >= 11 is 3.32. The van der Waals surface area contributed by atoms with Crippen molar-refractivity contribution in [2.24, 2.45) is 0 Å². The lowest BCUT2D eigenvalue weighted by Crippen LogP contribution is -2.50. The second-order valence-corrected chi connectivity index (χ2v) is 10.3. The van der Waals surface area contributed by atoms with Gasteiger partial charge in [0.1, 0.15) is 11.6 Å². The smallest absolute Gasteiger partial charge is 0.283 e. The minimum absolute atomic E-state index is 0.0168. The monoisotopic (exact) mass is 545 g/mol. The number of alkyl halides is 1. The molecule has 1 fully saturated rings. The molecule has 13 heteroatoms. The van der Waals surface area contributed by atoms with Crippen LogP contribution in [0.25, 0.3) is 0 Å². The van der Waals surface area contributed by atoms with E-state index in [-0.39, 0.29) is 24.3 Å². The van der Waals surface area contributed by atoms with Gasteiger partial charge in [0.05, 0.1) is 29.0 Å². The molecule has 1 aromatic rings. The third kappa shape index (κ3) is 7.36. The van der Waals surface area contributed by atoms with Crippen molar-refractivity contribution in [3.8, 4) is 6.07 Å². The number of halogens is 1. The van der Waals surface area contributed by atoms with Gasteiger partial charge in [-0.05, 0) is 19.9 Å². The maximum atomic E-state index is 13.3. The van der Waals surface area contributed by atoms with Crippen LogP contribution in [-0.2, 0) is 14.3 Å². The fourth-order valence-electron chi connectivity index (χ4n) is 3.62. The van der Waals surface area contributed by atoms with Gasteiger partial charge in [0.2, 0.25) is 0 Å². The fourth-order valence-corrected chi connectivity index (χ4v) is 4.42. The number of nitro benzene ring substituents is 1. The number of nitrogens with zero attached hydrogens (tertiary/aromatic N) is 5. The van der Waals surface area contributed by atoms with Gasteiger partial charge >= 0.3 is 0 Å². The van der Waals surface area contributed by atoms with Crippen molar-refractivity contribution < 1.29 is 22.3 Å². The molecule has 1 saturated heterocycles. The van der Waals surface area contributed by atoms with Crippen LogP contribution in [-0.4, -0.2) is 92.6 Å². The summed E-state index contributed by atoms with van der Waals surface area (Å²) in [5.41, 5.74) is -0.208. The molecule has 0 atom stereocenters. The van der Waals surface area contributed by atoms with Crippen molar-refractivity contribution >= 4 is 43.3 Å². The minimum atomic E-state index is -3.65. The van der Waals surface area contributed by atoms with Crippen LogP contribution in [0, 0.1) is 21.4 Å². The highest BCUT2D eigenvalue weighted by Gasteiger charge is 2.30. The first-order valence-electron chi connectivity index (χ1n) is 10.4. The molecule has 1 amide bonds. The molecule has 0 N–H and O–H groups in total. The fraction of sp³-hybridized carbons (Fsp3) is 0.600. The van der Waals surface area contributed by atoms with Crippen LogP contribution in [0.15, 0.2) is 12.1 Å². The molecule has 0 aliphatic carbocycles. The van der Waals surface area contributed by atoms with Crippen LogP contribution in [0.4, 0.5) is 11.4 Å². The van der Waals surface area contributed by atoms with E-state index < -0.39 is 26.6 Å². The third-order valence-electron chi connectivity index (χ3n) is 5.35. The van der Waals surface area contributed by atoms with E-state index in [9.17, 15) is 28.6 Å². The number of carbonyl (C=O) groups is 1. The summed E-state index contributed by atoms with van der Waals surface area (Å²) in [7, 11) is -3.65. The molecule has 11 nitrogen and oxygen atoms in total. The van der Waals surface area contributed by atoms with Crippen LogP contribution in [0.2, 0.25) is 0 Å². The molecule has 33 heavy (non-hydrogen) atoms. The van der Waals surface area contributed by atoms with E-state index in [0.717, 1.165) is 12.3 Å². The molecule has 0 bridgehead atoms. The van der Waals surface area contributed by atoms with Gasteiger partial charge in [-0.3, -0.25) is 24.0 Å². The van der Waals surface area contributed by atoms with E-state index in [2.05, 4.69) is 34.7 Å². The number of rotatable bonds is 10. The van der Waals surface area contributed by atoms with Crippen molar-refractivity contribution in [2.45, 2.75) is 19.9 Å². The SMILES string of the molecule is CC(C)N1CCN(C(=O)c2cc(N(CCBr)CCOS(C)(=O)=O)c(C#N)cc2[N+](=O)[O-])CC1. The number of nitro groups is 1. The predicted molar refractivity (Wildman–Crippen MR) is 127 cm³/mol. The lowest BCUT2D eigenvalue weighted by Gasteiger charge is -2.37. The first-order valence-corrected chi connectivity index (χ1v) is 13.3. The van der Waals surface area contributed by atoms with Gasteiger partial charge in [-0.25, -0.2) is 0 Å². The second-order valence-electron chi connectivity index (χ2n) is 7.88. The zero-order valence-corrected chi connectivity index (χ0v) is 21.3. The van der Waals surface area contributed by atoms with Crippen LogP contribution in [0.3, 0.4) is 0 Å². The summed E-state index contributed by atoms with van der Waals surface area (Å²) in [6.07, 6.45) is 0.935. The normalized spacial score (nSPS) is 14.8. The van der Waals surface area contributed by atoms with Crippen LogP contribution in [0.5, 0.6) is 0 Å². The highest BCUT2D eigenvalue weighted by atomic mass is 79.9.